The van der Waals surface area contributed by atoms with Gasteiger partial charge in [0.25, 0.3) is 0 Å². The third-order valence-electron chi connectivity index (χ3n) is 2.15. The molecule has 1 heterocycles. The van der Waals surface area contributed by atoms with Crippen LogP contribution in [0.25, 0.3) is 0 Å². The number of hydrogen-bond donors (Lipinski definition) is 1. The first-order chi connectivity index (χ1) is 8.88. The number of nitrogens with zero attached hydrogens (tertiary/aromatic N) is 2. The largest absolute Gasteiger partial charge is 0.491 e. The molecule has 18 heavy (non-hydrogen) atoms. The van der Waals surface area contributed by atoms with Crippen molar-refractivity contribution in [1.82, 2.24) is 10.2 Å². The van der Waals surface area contributed by atoms with E-state index in [2.05, 4.69) is 15.5 Å². The zero-order valence-electron chi connectivity index (χ0n) is 10.1. The molecule has 0 radical (unpaired) electrons. The summed E-state index contributed by atoms with van der Waals surface area (Å²) in [5.41, 5.74) is 0. The summed E-state index contributed by atoms with van der Waals surface area (Å²) in [4.78, 5) is 0. The molecule has 0 fully saturated rings. The quantitative estimate of drug-likeness (QED) is 0.778. The van der Waals surface area contributed by atoms with E-state index in [4.69, 9.17) is 9.47 Å². The van der Waals surface area contributed by atoms with Gasteiger partial charge in [-0.1, -0.05) is 29.5 Å². The number of aromatic nitrogens is 2. The average Bonchev–Trinajstić information content (AvgIpc) is 2.87. The van der Waals surface area contributed by atoms with E-state index in [1.807, 2.05) is 37.4 Å². The minimum absolute atomic E-state index is 0.470. The van der Waals surface area contributed by atoms with Crippen LogP contribution in [0.15, 0.2) is 30.3 Å². The van der Waals surface area contributed by atoms with Gasteiger partial charge >= 0.3 is 0 Å². The van der Waals surface area contributed by atoms with Gasteiger partial charge in [0.05, 0.1) is 6.61 Å². The fourth-order valence-electron chi connectivity index (χ4n) is 1.31. The van der Waals surface area contributed by atoms with Crippen molar-refractivity contribution in [1.29, 1.82) is 0 Å². The zero-order chi connectivity index (χ0) is 12.6. The topological polar surface area (TPSA) is 56.3 Å². The molecule has 0 bridgehead atoms. The number of rotatable bonds is 7. The summed E-state index contributed by atoms with van der Waals surface area (Å²) in [6, 6.07) is 9.68. The highest BCUT2D eigenvalue weighted by atomic mass is 32.1. The number of para-hydroxylation sites is 1. The fourth-order valence-corrected chi connectivity index (χ4v) is 1.94. The maximum Gasteiger partial charge on any atom is 0.205 e. The van der Waals surface area contributed by atoms with E-state index in [1.54, 1.807) is 0 Å². The van der Waals surface area contributed by atoms with Crippen LogP contribution in [0.4, 0.5) is 5.13 Å². The maximum absolute atomic E-state index is 5.50. The van der Waals surface area contributed by atoms with Gasteiger partial charge in [0, 0.05) is 7.05 Å². The Labute approximate surface area is 110 Å². The van der Waals surface area contributed by atoms with Gasteiger partial charge in [0.1, 0.15) is 24.0 Å². The maximum atomic E-state index is 5.50. The number of nitrogens with one attached hydrogen (secondary N) is 1. The molecule has 0 amide bonds. The molecule has 2 rings (SSSR count). The molecule has 0 spiro atoms. The van der Waals surface area contributed by atoms with Crippen LogP contribution in [0.2, 0.25) is 0 Å². The second kappa shape index (κ2) is 6.93. The van der Waals surface area contributed by atoms with Gasteiger partial charge in [-0.05, 0) is 12.1 Å². The van der Waals surface area contributed by atoms with E-state index in [0.717, 1.165) is 15.9 Å². The summed E-state index contributed by atoms with van der Waals surface area (Å²) < 4.78 is 11.0. The Morgan fingerprint density at radius 1 is 1.17 bits per heavy atom. The van der Waals surface area contributed by atoms with E-state index in [-0.39, 0.29) is 0 Å². The summed E-state index contributed by atoms with van der Waals surface area (Å²) in [6.07, 6.45) is 0. The highest BCUT2D eigenvalue weighted by Gasteiger charge is 2.02. The molecule has 6 heteroatoms. The SMILES string of the molecule is CNc1nnc(COCCOc2ccccc2)s1. The third kappa shape index (κ3) is 3.97. The Kier molecular flexibility index (Phi) is 4.92. The van der Waals surface area contributed by atoms with Gasteiger partial charge in [0.15, 0.2) is 0 Å². The van der Waals surface area contributed by atoms with Crippen molar-refractivity contribution in [2.24, 2.45) is 0 Å². The molecular formula is C12H15N3O2S. The highest BCUT2D eigenvalue weighted by molar-refractivity contribution is 7.15. The van der Waals surface area contributed by atoms with Crippen LogP contribution in [0.3, 0.4) is 0 Å². The smallest absolute Gasteiger partial charge is 0.205 e. The van der Waals surface area contributed by atoms with Crippen molar-refractivity contribution in [3.05, 3.63) is 35.3 Å². The van der Waals surface area contributed by atoms with Crippen LogP contribution in [0.1, 0.15) is 5.01 Å². The molecule has 0 atom stereocenters. The van der Waals surface area contributed by atoms with Crippen molar-refractivity contribution < 1.29 is 9.47 Å². The van der Waals surface area contributed by atoms with Crippen molar-refractivity contribution in [2.45, 2.75) is 6.61 Å². The Balaban J connectivity index is 1.61. The van der Waals surface area contributed by atoms with Crippen molar-refractivity contribution in [2.75, 3.05) is 25.6 Å². The Bertz CT molecular complexity index is 461. The number of hydrogen-bond acceptors (Lipinski definition) is 6. The first-order valence-electron chi connectivity index (χ1n) is 5.64. The normalized spacial score (nSPS) is 10.3. The highest BCUT2D eigenvalue weighted by Crippen LogP contribution is 2.14. The lowest BCUT2D eigenvalue weighted by atomic mass is 10.3. The molecule has 1 N–H and O–H groups in total. The van der Waals surface area contributed by atoms with Crippen molar-refractivity contribution in [3.8, 4) is 5.75 Å². The predicted molar refractivity (Wildman–Crippen MR) is 71.0 cm³/mol. The van der Waals surface area contributed by atoms with Gasteiger partial charge in [-0.3, -0.25) is 0 Å². The average molecular weight is 265 g/mol. The molecule has 96 valence electrons. The minimum atomic E-state index is 0.470. The van der Waals surface area contributed by atoms with Crippen molar-refractivity contribution >= 4 is 16.5 Å². The van der Waals surface area contributed by atoms with E-state index in [9.17, 15) is 0 Å². The van der Waals surface area contributed by atoms with Gasteiger partial charge in [0.2, 0.25) is 5.13 Å². The summed E-state index contributed by atoms with van der Waals surface area (Å²) in [5.74, 6) is 0.856. The molecule has 0 aliphatic rings. The summed E-state index contributed by atoms with van der Waals surface area (Å²) in [6.45, 7) is 1.53. The molecule has 0 saturated heterocycles. The van der Waals surface area contributed by atoms with Crippen LogP contribution >= 0.6 is 11.3 Å². The standard InChI is InChI=1S/C12H15N3O2S/c1-13-12-15-14-11(18-12)9-16-7-8-17-10-5-3-2-4-6-10/h2-6H,7-9H2,1H3,(H,13,15). The van der Waals surface area contributed by atoms with Crippen LogP contribution < -0.4 is 10.1 Å². The summed E-state index contributed by atoms with van der Waals surface area (Å²) >= 11 is 1.49. The predicted octanol–water partition coefficient (Wildman–Crippen LogP) is 2.18. The molecule has 0 aliphatic heterocycles. The fraction of sp³-hybridized carbons (Fsp3) is 0.333. The lowest BCUT2D eigenvalue weighted by Crippen LogP contribution is -2.06. The molecule has 2 aromatic rings. The molecule has 0 unspecified atom stereocenters. The third-order valence-corrected chi connectivity index (χ3v) is 3.06. The minimum Gasteiger partial charge on any atom is -0.491 e. The Morgan fingerprint density at radius 2 is 2.00 bits per heavy atom. The number of benzene rings is 1. The lowest BCUT2D eigenvalue weighted by Gasteiger charge is -2.05. The van der Waals surface area contributed by atoms with Crippen LogP contribution in [0, 0.1) is 0 Å². The Hall–Kier alpha value is -1.66. The molecule has 0 saturated carbocycles. The molecule has 0 aliphatic carbocycles. The Morgan fingerprint density at radius 3 is 2.72 bits per heavy atom. The van der Waals surface area contributed by atoms with Gasteiger partial charge in [-0.2, -0.15) is 0 Å². The zero-order valence-corrected chi connectivity index (χ0v) is 10.9. The second-order valence-electron chi connectivity index (χ2n) is 3.47. The van der Waals surface area contributed by atoms with Gasteiger partial charge < -0.3 is 14.8 Å². The van der Waals surface area contributed by atoms with Crippen LogP contribution in [-0.4, -0.2) is 30.5 Å². The second-order valence-corrected chi connectivity index (χ2v) is 4.53. The van der Waals surface area contributed by atoms with Gasteiger partial charge in [-0.15, -0.1) is 10.2 Å². The molecule has 1 aromatic carbocycles. The first kappa shape index (κ1) is 12.8. The molecule has 1 aromatic heterocycles. The van der Waals surface area contributed by atoms with E-state index < -0.39 is 0 Å². The summed E-state index contributed by atoms with van der Waals surface area (Å²) in [5, 5.41) is 12.5. The molecular weight excluding hydrogens is 250 g/mol. The lowest BCUT2D eigenvalue weighted by molar-refractivity contribution is 0.0885. The number of anilines is 1. The van der Waals surface area contributed by atoms with E-state index in [1.165, 1.54) is 11.3 Å². The van der Waals surface area contributed by atoms with Crippen molar-refractivity contribution in [3.63, 3.8) is 0 Å². The van der Waals surface area contributed by atoms with Gasteiger partial charge in [-0.25, -0.2) is 0 Å². The van der Waals surface area contributed by atoms with E-state index in [0.29, 0.717) is 19.8 Å². The number of ether oxygens (including phenoxy) is 2. The van der Waals surface area contributed by atoms with Crippen LogP contribution in [-0.2, 0) is 11.3 Å². The first-order valence-corrected chi connectivity index (χ1v) is 6.46. The monoisotopic (exact) mass is 265 g/mol. The van der Waals surface area contributed by atoms with Crippen LogP contribution in [0.5, 0.6) is 5.75 Å². The van der Waals surface area contributed by atoms with E-state index >= 15 is 0 Å². The molecule has 5 nitrogen and oxygen atoms in total. The summed E-state index contributed by atoms with van der Waals surface area (Å²) in [7, 11) is 1.82.